The molecule has 0 aliphatic heterocycles. The Morgan fingerprint density at radius 2 is 1.79 bits per heavy atom. The minimum atomic E-state index is -0.133. The van der Waals surface area contributed by atoms with Crippen molar-refractivity contribution in [1.29, 1.82) is 0 Å². The molecule has 148 valence electrons. The van der Waals surface area contributed by atoms with E-state index in [1.807, 2.05) is 32.0 Å². The maximum atomic E-state index is 12.1. The first-order chi connectivity index (χ1) is 13.5. The molecule has 1 aromatic heterocycles. The molecule has 1 heterocycles. The zero-order valence-electron chi connectivity index (χ0n) is 17.4. The van der Waals surface area contributed by atoms with Crippen LogP contribution in [0, 0.1) is 0 Å². The second-order valence-electron chi connectivity index (χ2n) is 7.63. The zero-order valence-corrected chi connectivity index (χ0v) is 17.4. The van der Waals surface area contributed by atoms with E-state index in [0.29, 0.717) is 12.3 Å². The highest BCUT2D eigenvalue weighted by Crippen LogP contribution is 2.24. The molecule has 3 aromatic rings. The van der Waals surface area contributed by atoms with Gasteiger partial charge in [-0.15, -0.1) is 0 Å². The van der Waals surface area contributed by atoms with Gasteiger partial charge in [-0.25, -0.2) is 4.98 Å². The van der Waals surface area contributed by atoms with Gasteiger partial charge in [0.15, 0.2) is 0 Å². The van der Waals surface area contributed by atoms with Crippen molar-refractivity contribution < 1.29 is 4.79 Å². The maximum absolute atomic E-state index is 12.1. The van der Waals surface area contributed by atoms with E-state index in [1.54, 1.807) is 0 Å². The lowest BCUT2D eigenvalue weighted by Gasteiger charge is -2.17. The first kappa shape index (κ1) is 20.1. The van der Waals surface area contributed by atoms with E-state index in [0.717, 1.165) is 36.2 Å². The van der Waals surface area contributed by atoms with Crippen molar-refractivity contribution in [3.05, 3.63) is 65.5 Å². The van der Waals surface area contributed by atoms with Crippen molar-refractivity contribution in [3.63, 3.8) is 0 Å². The van der Waals surface area contributed by atoms with E-state index in [-0.39, 0.29) is 11.9 Å². The van der Waals surface area contributed by atoms with Gasteiger partial charge in [-0.1, -0.05) is 57.2 Å². The Labute approximate surface area is 168 Å². The van der Waals surface area contributed by atoms with Gasteiger partial charge in [0.2, 0.25) is 5.91 Å². The van der Waals surface area contributed by atoms with E-state index in [4.69, 9.17) is 4.98 Å². The van der Waals surface area contributed by atoms with E-state index in [1.165, 1.54) is 11.1 Å². The Hall–Kier alpha value is -2.62. The molecule has 2 atom stereocenters. The normalized spacial score (nSPS) is 13.4. The van der Waals surface area contributed by atoms with Crippen LogP contribution >= 0.6 is 0 Å². The smallest absolute Gasteiger partial charge is 0.220 e. The number of nitrogens with zero attached hydrogens (tertiary/aromatic N) is 2. The Bertz CT molecular complexity index is 927. The lowest BCUT2D eigenvalue weighted by atomic mass is 9.97. The van der Waals surface area contributed by atoms with Gasteiger partial charge >= 0.3 is 0 Å². The number of hydrogen-bond acceptors (Lipinski definition) is 2. The van der Waals surface area contributed by atoms with Crippen LogP contribution in [-0.2, 0) is 11.3 Å². The van der Waals surface area contributed by atoms with Crippen LogP contribution in [0.4, 0.5) is 0 Å². The highest BCUT2D eigenvalue weighted by atomic mass is 16.1. The topological polar surface area (TPSA) is 46.9 Å². The van der Waals surface area contributed by atoms with Gasteiger partial charge in [0.25, 0.3) is 0 Å². The Balaban J connectivity index is 1.91. The van der Waals surface area contributed by atoms with Crippen molar-refractivity contribution in [3.8, 4) is 0 Å². The number of fused-ring (bicyclic) bond motifs is 1. The van der Waals surface area contributed by atoms with E-state index in [9.17, 15) is 4.79 Å². The van der Waals surface area contributed by atoms with Crippen LogP contribution in [0.15, 0.2) is 48.5 Å². The van der Waals surface area contributed by atoms with Gasteiger partial charge < -0.3 is 9.88 Å². The highest BCUT2D eigenvalue weighted by Gasteiger charge is 2.18. The standard InChI is InChI=1S/C24H31N3O/c1-5-9-23(28)25-18(4)24-26-21-10-7-8-11-22(21)27(24)16-19-12-14-20(15-13-19)17(3)6-2/h7-8,10-15,17-18H,5-6,9,16H2,1-4H3,(H,25,28). The molecule has 4 nitrogen and oxygen atoms in total. The summed E-state index contributed by atoms with van der Waals surface area (Å²) in [4.78, 5) is 16.9. The number of nitrogens with one attached hydrogen (secondary N) is 1. The summed E-state index contributed by atoms with van der Waals surface area (Å²) < 4.78 is 2.23. The molecule has 0 fully saturated rings. The number of imidazole rings is 1. The molecule has 0 radical (unpaired) electrons. The SMILES string of the molecule is CCCC(=O)NC(C)c1nc2ccccc2n1Cc1ccc(C(C)CC)cc1. The monoisotopic (exact) mass is 377 g/mol. The molecule has 0 bridgehead atoms. The summed E-state index contributed by atoms with van der Waals surface area (Å²) in [6, 6.07) is 16.9. The highest BCUT2D eigenvalue weighted by molar-refractivity contribution is 5.78. The quantitative estimate of drug-likeness (QED) is 0.557. The summed E-state index contributed by atoms with van der Waals surface area (Å²) in [5.74, 6) is 1.55. The fourth-order valence-electron chi connectivity index (χ4n) is 3.57. The van der Waals surface area contributed by atoms with Crippen molar-refractivity contribution in [1.82, 2.24) is 14.9 Å². The van der Waals surface area contributed by atoms with E-state index >= 15 is 0 Å². The molecule has 3 rings (SSSR count). The largest absolute Gasteiger partial charge is 0.346 e. The van der Waals surface area contributed by atoms with Gasteiger partial charge in [0.05, 0.1) is 17.1 Å². The summed E-state index contributed by atoms with van der Waals surface area (Å²) in [5, 5.41) is 3.09. The van der Waals surface area contributed by atoms with Crippen LogP contribution in [0.2, 0.25) is 0 Å². The van der Waals surface area contributed by atoms with Gasteiger partial charge in [-0.05, 0) is 48.9 Å². The van der Waals surface area contributed by atoms with Crippen LogP contribution in [0.3, 0.4) is 0 Å². The molecule has 4 heteroatoms. The number of rotatable bonds is 8. The zero-order chi connectivity index (χ0) is 20.1. The van der Waals surface area contributed by atoms with E-state index < -0.39 is 0 Å². The van der Waals surface area contributed by atoms with Crippen LogP contribution in [0.5, 0.6) is 0 Å². The number of benzene rings is 2. The van der Waals surface area contributed by atoms with Crippen LogP contribution in [0.25, 0.3) is 11.0 Å². The molecular weight excluding hydrogens is 346 g/mol. The third-order valence-electron chi connectivity index (χ3n) is 5.43. The summed E-state index contributed by atoms with van der Waals surface area (Å²) in [5.41, 5.74) is 4.68. The van der Waals surface area contributed by atoms with Crippen molar-refractivity contribution in [2.45, 2.75) is 65.5 Å². The molecular formula is C24H31N3O. The summed E-state index contributed by atoms with van der Waals surface area (Å²) in [6.07, 6.45) is 2.53. The fourth-order valence-corrected chi connectivity index (χ4v) is 3.57. The molecule has 1 N–H and O–H groups in total. The van der Waals surface area contributed by atoms with E-state index in [2.05, 4.69) is 54.1 Å². The summed E-state index contributed by atoms with van der Waals surface area (Å²) in [7, 11) is 0. The molecule has 0 aliphatic rings. The van der Waals surface area contributed by atoms with Gasteiger partial charge in [-0.3, -0.25) is 4.79 Å². The summed E-state index contributed by atoms with van der Waals surface area (Å²) in [6.45, 7) is 9.25. The average Bonchev–Trinajstić information content (AvgIpc) is 3.07. The fraction of sp³-hybridized carbons (Fsp3) is 0.417. The third-order valence-corrected chi connectivity index (χ3v) is 5.43. The van der Waals surface area contributed by atoms with Gasteiger partial charge in [-0.2, -0.15) is 0 Å². The molecule has 0 saturated heterocycles. The summed E-state index contributed by atoms with van der Waals surface area (Å²) >= 11 is 0. The Morgan fingerprint density at radius 3 is 2.46 bits per heavy atom. The average molecular weight is 378 g/mol. The Kier molecular flexibility index (Phi) is 6.50. The first-order valence-corrected chi connectivity index (χ1v) is 10.4. The molecule has 2 unspecified atom stereocenters. The maximum Gasteiger partial charge on any atom is 0.220 e. The molecule has 0 aliphatic carbocycles. The first-order valence-electron chi connectivity index (χ1n) is 10.4. The predicted octanol–water partition coefficient (Wildman–Crippen LogP) is 5.58. The number of aromatic nitrogens is 2. The molecule has 2 aromatic carbocycles. The number of para-hydroxylation sites is 2. The van der Waals surface area contributed by atoms with Gasteiger partial charge in [0.1, 0.15) is 5.82 Å². The van der Waals surface area contributed by atoms with Crippen LogP contribution in [-0.4, -0.2) is 15.5 Å². The number of hydrogen-bond donors (Lipinski definition) is 1. The minimum absolute atomic E-state index is 0.0755. The minimum Gasteiger partial charge on any atom is -0.346 e. The third kappa shape index (κ3) is 4.44. The number of amides is 1. The second kappa shape index (κ2) is 9.05. The molecule has 0 saturated carbocycles. The second-order valence-corrected chi connectivity index (χ2v) is 7.63. The van der Waals surface area contributed by atoms with Crippen molar-refractivity contribution >= 4 is 16.9 Å². The lowest BCUT2D eigenvalue weighted by Crippen LogP contribution is -2.28. The predicted molar refractivity (Wildman–Crippen MR) is 115 cm³/mol. The molecule has 1 amide bonds. The van der Waals surface area contributed by atoms with Crippen molar-refractivity contribution in [2.24, 2.45) is 0 Å². The molecule has 0 spiro atoms. The molecule has 28 heavy (non-hydrogen) atoms. The Morgan fingerprint density at radius 1 is 1.07 bits per heavy atom. The van der Waals surface area contributed by atoms with Crippen molar-refractivity contribution in [2.75, 3.05) is 0 Å². The van der Waals surface area contributed by atoms with Gasteiger partial charge in [0, 0.05) is 13.0 Å². The number of carbonyl (C=O) groups is 1. The number of carbonyl (C=O) groups excluding carboxylic acids is 1. The lowest BCUT2D eigenvalue weighted by molar-refractivity contribution is -0.121. The van der Waals surface area contributed by atoms with Crippen LogP contribution in [0.1, 0.15) is 75.9 Å². The van der Waals surface area contributed by atoms with Crippen LogP contribution < -0.4 is 5.32 Å².